The fourth-order valence-corrected chi connectivity index (χ4v) is 9.27. The number of aryl methyl sites for hydroxylation is 2. The number of unbranched alkanes of at least 4 members (excludes halogenated alkanes) is 2. The predicted molar refractivity (Wildman–Crippen MR) is 244 cm³/mol. The number of benzene rings is 4. The number of amides is 2. The summed E-state index contributed by atoms with van der Waals surface area (Å²) in [5, 5.41) is 2.03. The quantitative estimate of drug-likeness (QED) is 0.0888. The molecule has 0 saturated heterocycles. The molecule has 0 radical (unpaired) electrons. The van der Waals surface area contributed by atoms with Gasteiger partial charge in [-0.15, -0.1) is 11.3 Å². The van der Waals surface area contributed by atoms with Crippen molar-refractivity contribution in [2.24, 2.45) is 11.8 Å². The van der Waals surface area contributed by atoms with Crippen LogP contribution in [-0.4, -0.2) is 34.7 Å². The van der Waals surface area contributed by atoms with Gasteiger partial charge in [0.25, 0.3) is 11.8 Å². The molecule has 2 unspecified atom stereocenters. The van der Waals surface area contributed by atoms with E-state index < -0.39 is 0 Å². The zero-order chi connectivity index (χ0) is 40.8. The van der Waals surface area contributed by atoms with Gasteiger partial charge < -0.3 is 14.7 Å². The van der Waals surface area contributed by atoms with E-state index in [1.54, 1.807) is 11.3 Å². The van der Waals surface area contributed by atoms with Crippen LogP contribution in [0.1, 0.15) is 101 Å². The molecular formula is C52H59N3O2S. The molecule has 58 heavy (non-hydrogen) atoms. The Morgan fingerprint density at radius 1 is 0.534 bits per heavy atom. The Morgan fingerprint density at radius 3 is 1.38 bits per heavy atom. The van der Waals surface area contributed by atoms with Crippen LogP contribution in [0, 0.1) is 25.7 Å². The molecule has 0 spiro atoms. The third-order valence-corrected chi connectivity index (χ3v) is 13.0. The minimum atomic E-state index is 0.0116. The maximum absolute atomic E-state index is 15.0. The second kappa shape index (κ2) is 18.6. The fourth-order valence-electron chi connectivity index (χ4n) is 8.51. The van der Waals surface area contributed by atoms with Crippen molar-refractivity contribution in [3.05, 3.63) is 148 Å². The first-order valence-corrected chi connectivity index (χ1v) is 22.4. The van der Waals surface area contributed by atoms with Gasteiger partial charge in [0.05, 0.1) is 22.5 Å². The van der Waals surface area contributed by atoms with Crippen LogP contribution in [0.3, 0.4) is 0 Å². The highest BCUT2D eigenvalue weighted by molar-refractivity contribution is 7.11. The SMILES string of the molecule is CCCCC(CC)CN1C(=O)C(c2cccs2)=C2C1=C(c1ccc(-c3ccc(N(c4ccc(C)cc4)c4ccc(C)cc4)cc3)cc1)C(=O)N2CC(CC)CCCC. The third kappa shape index (κ3) is 8.49. The molecule has 5 nitrogen and oxygen atoms in total. The number of hydrogen-bond acceptors (Lipinski definition) is 4. The number of hydrogen-bond donors (Lipinski definition) is 0. The van der Waals surface area contributed by atoms with Crippen LogP contribution in [0.4, 0.5) is 17.1 Å². The minimum Gasteiger partial charge on any atom is -0.311 e. The Hall–Kier alpha value is -5.20. The van der Waals surface area contributed by atoms with Crippen LogP contribution < -0.4 is 4.90 Å². The van der Waals surface area contributed by atoms with Crippen molar-refractivity contribution in [3.8, 4) is 11.1 Å². The van der Waals surface area contributed by atoms with Crippen LogP contribution in [0.25, 0.3) is 22.3 Å². The van der Waals surface area contributed by atoms with Gasteiger partial charge in [0.1, 0.15) is 0 Å². The van der Waals surface area contributed by atoms with E-state index in [1.807, 2.05) is 27.3 Å². The van der Waals surface area contributed by atoms with E-state index in [4.69, 9.17) is 0 Å². The molecule has 0 aliphatic carbocycles. The number of nitrogens with zero attached hydrogens (tertiary/aromatic N) is 3. The monoisotopic (exact) mass is 789 g/mol. The molecule has 4 aromatic carbocycles. The molecule has 6 heteroatoms. The topological polar surface area (TPSA) is 43.9 Å². The molecule has 0 saturated carbocycles. The second-order valence-electron chi connectivity index (χ2n) is 16.2. The van der Waals surface area contributed by atoms with Crippen molar-refractivity contribution in [1.82, 2.24) is 9.80 Å². The largest absolute Gasteiger partial charge is 0.311 e. The van der Waals surface area contributed by atoms with Gasteiger partial charge in [0.2, 0.25) is 0 Å². The zero-order valence-corrected chi connectivity index (χ0v) is 36.1. The van der Waals surface area contributed by atoms with Crippen LogP contribution >= 0.6 is 11.3 Å². The summed E-state index contributed by atoms with van der Waals surface area (Å²) in [4.78, 5) is 36.9. The van der Waals surface area contributed by atoms with E-state index in [9.17, 15) is 9.59 Å². The Labute approximate surface area is 350 Å². The average molecular weight is 790 g/mol. The number of carbonyl (C=O) groups is 2. The van der Waals surface area contributed by atoms with E-state index in [-0.39, 0.29) is 11.8 Å². The summed E-state index contributed by atoms with van der Waals surface area (Å²) in [7, 11) is 0. The molecule has 2 aliphatic rings. The normalized spacial score (nSPS) is 15.1. The minimum absolute atomic E-state index is 0.0116. The molecule has 2 atom stereocenters. The molecule has 0 N–H and O–H groups in total. The van der Waals surface area contributed by atoms with Gasteiger partial charge in [0.15, 0.2) is 0 Å². The molecular weight excluding hydrogens is 731 g/mol. The predicted octanol–water partition coefficient (Wildman–Crippen LogP) is 13.7. The van der Waals surface area contributed by atoms with Crippen molar-refractivity contribution in [2.45, 2.75) is 92.9 Å². The van der Waals surface area contributed by atoms with E-state index >= 15 is 0 Å². The lowest BCUT2D eigenvalue weighted by Gasteiger charge is -2.26. The zero-order valence-electron chi connectivity index (χ0n) is 35.3. The smallest absolute Gasteiger partial charge is 0.262 e. The Balaban J connectivity index is 1.27. The van der Waals surface area contributed by atoms with E-state index in [2.05, 4.69) is 144 Å². The summed E-state index contributed by atoms with van der Waals surface area (Å²) < 4.78 is 0. The van der Waals surface area contributed by atoms with Crippen LogP contribution in [0.15, 0.2) is 126 Å². The van der Waals surface area contributed by atoms with Crippen LogP contribution in [0.2, 0.25) is 0 Å². The molecule has 0 fully saturated rings. The number of anilines is 3. The van der Waals surface area contributed by atoms with Crippen LogP contribution in [-0.2, 0) is 9.59 Å². The van der Waals surface area contributed by atoms with Crippen molar-refractivity contribution in [3.63, 3.8) is 0 Å². The number of carbonyl (C=O) groups excluding carboxylic acids is 2. The van der Waals surface area contributed by atoms with Crippen molar-refractivity contribution in [2.75, 3.05) is 18.0 Å². The van der Waals surface area contributed by atoms with Crippen molar-refractivity contribution in [1.29, 1.82) is 0 Å². The van der Waals surface area contributed by atoms with Gasteiger partial charge in [-0.1, -0.05) is 144 Å². The number of fused-ring (bicyclic) bond motifs is 1. The molecule has 300 valence electrons. The lowest BCUT2D eigenvalue weighted by Crippen LogP contribution is -2.32. The Kier molecular flexibility index (Phi) is 13.1. The summed E-state index contributed by atoms with van der Waals surface area (Å²) in [6, 6.07) is 38.5. The first-order chi connectivity index (χ1) is 28.3. The summed E-state index contributed by atoms with van der Waals surface area (Å²) in [5.41, 5.74) is 11.8. The van der Waals surface area contributed by atoms with Crippen molar-refractivity contribution < 1.29 is 9.59 Å². The highest BCUT2D eigenvalue weighted by Gasteiger charge is 2.49. The first kappa shape index (κ1) is 41.0. The molecule has 2 amide bonds. The van der Waals surface area contributed by atoms with E-state index in [0.717, 1.165) is 101 Å². The molecule has 3 heterocycles. The molecule has 0 bridgehead atoms. The second-order valence-corrected chi connectivity index (χ2v) is 17.2. The van der Waals surface area contributed by atoms with E-state index in [1.165, 1.54) is 11.1 Å². The van der Waals surface area contributed by atoms with Gasteiger partial charge >= 0.3 is 0 Å². The average Bonchev–Trinajstić information content (AvgIpc) is 3.94. The number of rotatable bonds is 18. The summed E-state index contributed by atoms with van der Waals surface area (Å²) in [6.07, 6.45) is 8.62. The Morgan fingerprint density at radius 2 is 0.948 bits per heavy atom. The van der Waals surface area contributed by atoms with Gasteiger partial charge in [-0.05, 0) is 103 Å². The highest BCUT2D eigenvalue weighted by Crippen LogP contribution is 2.49. The summed E-state index contributed by atoms with van der Waals surface area (Å²) in [5.74, 6) is 0.757. The molecule has 5 aromatic rings. The summed E-state index contributed by atoms with van der Waals surface area (Å²) in [6.45, 7) is 14.4. The van der Waals surface area contributed by atoms with E-state index in [0.29, 0.717) is 36.1 Å². The van der Waals surface area contributed by atoms with Gasteiger partial charge in [-0.3, -0.25) is 9.59 Å². The summed E-state index contributed by atoms with van der Waals surface area (Å²) >= 11 is 1.58. The van der Waals surface area contributed by atoms with Gasteiger partial charge in [-0.25, -0.2) is 0 Å². The molecule has 2 aliphatic heterocycles. The highest BCUT2D eigenvalue weighted by atomic mass is 32.1. The lowest BCUT2D eigenvalue weighted by molar-refractivity contribution is -0.123. The maximum Gasteiger partial charge on any atom is 0.262 e. The van der Waals surface area contributed by atoms with Crippen LogP contribution in [0.5, 0.6) is 0 Å². The lowest BCUT2D eigenvalue weighted by atomic mass is 9.97. The fraction of sp³-hybridized carbons (Fsp3) is 0.346. The standard InChI is InChI=1S/C52H59N3O2S/c1-7-11-14-38(9-3)34-53-49-47(51(56)54(35-39(10-4)15-12-8-2)50(49)48(52(53)57)46-16-13-33-58-46)42-23-21-40(22-24-42)41-25-31-45(32-26-41)55(43-27-17-36(5)18-28-43)44-29-19-37(6)20-30-44/h13,16-33,38-39H,7-12,14-15,34-35H2,1-6H3. The maximum atomic E-state index is 15.0. The third-order valence-electron chi connectivity index (χ3n) is 12.1. The van der Waals surface area contributed by atoms with Gasteiger partial charge in [0, 0.05) is 35.0 Å². The molecule has 1 aromatic heterocycles. The first-order valence-electron chi connectivity index (χ1n) is 21.6. The Bertz CT molecular complexity index is 2190. The molecule has 7 rings (SSSR count). The van der Waals surface area contributed by atoms with Gasteiger partial charge in [-0.2, -0.15) is 0 Å². The van der Waals surface area contributed by atoms with Crippen molar-refractivity contribution >= 4 is 51.4 Å². The number of thiophene rings is 1.